The minimum Gasteiger partial charge on any atom is -0.497 e. The van der Waals surface area contributed by atoms with Gasteiger partial charge in [0.2, 0.25) is 11.8 Å². The van der Waals surface area contributed by atoms with Crippen LogP contribution in [0.1, 0.15) is 11.1 Å². The summed E-state index contributed by atoms with van der Waals surface area (Å²) in [6.45, 7) is -0.890. The summed E-state index contributed by atoms with van der Waals surface area (Å²) in [6, 6.07) is 28.0. The number of likely N-dealkylation sites (N-methyl/N-ethyl adjacent to an activating group) is 1. The molecule has 0 aliphatic carbocycles. The summed E-state index contributed by atoms with van der Waals surface area (Å²) in [5.74, 6) is -1.19. The number of nitrogens with one attached hydrogen (secondary N) is 1. The second-order valence-electron chi connectivity index (χ2n) is 9.46. The van der Waals surface area contributed by atoms with Crippen molar-refractivity contribution < 1.29 is 27.1 Å². The van der Waals surface area contributed by atoms with Crippen molar-refractivity contribution in [1.29, 1.82) is 0 Å². The molecule has 0 aromatic heterocycles. The highest BCUT2D eigenvalue weighted by molar-refractivity contribution is 7.92. The molecule has 0 radical (unpaired) electrons. The number of carbonyl (C=O) groups is 2. The molecule has 0 bridgehead atoms. The number of methoxy groups -OCH3 is 1. The van der Waals surface area contributed by atoms with E-state index in [4.69, 9.17) is 4.74 Å². The molecule has 4 aromatic carbocycles. The van der Waals surface area contributed by atoms with Gasteiger partial charge >= 0.3 is 0 Å². The van der Waals surface area contributed by atoms with Crippen LogP contribution in [0.4, 0.5) is 10.1 Å². The number of hydrogen-bond acceptors (Lipinski definition) is 5. The molecule has 1 atom stereocenters. The fourth-order valence-corrected chi connectivity index (χ4v) is 5.96. The Morgan fingerprint density at radius 2 is 1.45 bits per heavy atom. The maximum atomic E-state index is 14.8. The standard InChI is InChI=1S/C32H32FN3O5S/c1-34-32(38)30(21-24-11-5-3-6-12-24)35(22-25-13-9-10-16-29(25)33)31(37)23-36(26-17-19-27(41-2)20-18-26)42(39,40)28-14-7-4-8-15-28/h3-20,30H,21-23H2,1-2H3,(H,34,38)/t30-/m1/s1. The lowest BCUT2D eigenvalue weighted by molar-refractivity contribution is -0.139. The first-order valence-corrected chi connectivity index (χ1v) is 14.7. The number of hydrogen-bond donors (Lipinski definition) is 1. The fourth-order valence-electron chi connectivity index (χ4n) is 4.53. The highest BCUT2D eigenvalue weighted by Gasteiger charge is 2.34. The zero-order valence-corrected chi connectivity index (χ0v) is 24.1. The van der Waals surface area contributed by atoms with Crippen LogP contribution in [0.5, 0.6) is 5.75 Å². The highest BCUT2D eigenvalue weighted by atomic mass is 32.2. The average Bonchev–Trinajstić information content (AvgIpc) is 3.02. The van der Waals surface area contributed by atoms with Gasteiger partial charge in [-0.05, 0) is 48.0 Å². The summed E-state index contributed by atoms with van der Waals surface area (Å²) in [7, 11) is -1.28. The third kappa shape index (κ3) is 7.13. The van der Waals surface area contributed by atoms with Crippen molar-refractivity contribution in [3.05, 3.63) is 126 Å². The van der Waals surface area contributed by atoms with Gasteiger partial charge in [-0.3, -0.25) is 13.9 Å². The van der Waals surface area contributed by atoms with E-state index in [2.05, 4.69) is 5.32 Å². The Hall–Kier alpha value is -4.70. The maximum absolute atomic E-state index is 14.8. The quantitative estimate of drug-likeness (QED) is 0.264. The average molecular weight is 590 g/mol. The molecule has 0 fully saturated rings. The van der Waals surface area contributed by atoms with Gasteiger partial charge in [-0.1, -0.05) is 66.7 Å². The number of sulfonamides is 1. The van der Waals surface area contributed by atoms with Crippen molar-refractivity contribution in [2.45, 2.75) is 23.9 Å². The molecule has 1 N–H and O–H groups in total. The van der Waals surface area contributed by atoms with Gasteiger partial charge in [-0.2, -0.15) is 0 Å². The lowest BCUT2D eigenvalue weighted by atomic mass is 10.0. The van der Waals surface area contributed by atoms with Crippen molar-refractivity contribution in [1.82, 2.24) is 10.2 Å². The van der Waals surface area contributed by atoms with Crippen LogP contribution in [0.25, 0.3) is 0 Å². The molecule has 42 heavy (non-hydrogen) atoms. The molecule has 0 spiro atoms. The summed E-state index contributed by atoms with van der Waals surface area (Å²) in [4.78, 5) is 28.7. The largest absolute Gasteiger partial charge is 0.497 e. The first-order valence-electron chi connectivity index (χ1n) is 13.2. The molecule has 4 rings (SSSR count). The fraction of sp³-hybridized carbons (Fsp3) is 0.188. The molecule has 10 heteroatoms. The number of halogens is 1. The monoisotopic (exact) mass is 589 g/mol. The minimum atomic E-state index is -4.22. The van der Waals surface area contributed by atoms with Crippen LogP contribution >= 0.6 is 0 Å². The first kappa shape index (κ1) is 30.3. The lowest BCUT2D eigenvalue weighted by Crippen LogP contribution is -2.53. The Morgan fingerprint density at radius 3 is 2.05 bits per heavy atom. The topological polar surface area (TPSA) is 96.0 Å². The Kier molecular flexibility index (Phi) is 9.93. The molecular formula is C32H32FN3O5S. The van der Waals surface area contributed by atoms with Crippen LogP contribution in [-0.2, 0) is 32.6 Å². The smallest absolute Gasteiger partial charge is 0.264 e. The third-order valence-corrected chi connectivity index (χ3v) is 8.57. The van der Waals surface area contributed by atoms with Crippen molar-refractivity contribution in [3.63, 3.8) is 0 Å². The number of anilines is 1. The first-order chi connectivity index (χ1) is 20.2. The molecule has 8 nitrogen and oxygen atoms in total. The zero-order chi connectivity index (χ0) is 30.1. The van der Waals surface area contributed by atoms with E-state index in [1.165, 1.54) is 61.5 Å². The second-order valence-corrected chi connectivity index (χ2v) is 11.3. The summed E-state index contributed by atoms with van der Waals surface area (Å²) < 4.78 is 48.8. The van der Waals surface area contributed by atoms with Gasteiger partial charge in [0.15, 0.2) is 0 Å². The molecule has 0 saturated heterocycles. The van der Waals surface area contributed by atoms with Gasteiger partial charge in [0, 0.05) is 25.6 Å². The van der Waals surface area contributed by atoms with Crippen LogP contribution in [0.3, 0.4) is 0 Å². The molecule has 0 saturated carbocycles. The van der Waals surface area contributed by atoms with Crippen LogP contribution in [0.2, 0.25) is 0 Å². The van der Waals surface area contributed by atoms with Crippen molar-refractivity contribution >= 4 is 27.5 Å². The Labute approximate surface area is 245 Å². The van der Waals surface area contributed by atoms with E-state index < -0.39 is 40.2 Å². The summed E-state index contributed by atoms with van der Waals surface area (Å²) in [5.41, 5.74) is 1.19. The number of nitrogens with zero attached hydrogens (tertiary/aromatic N) is 2. The normalized spacial score (nSPS) is 11.8. The molecular weight excluding hydrogens is 557 g/mol. The molecule has 218 valence electrons. The predicted molar refractivity (Wildman–Crippen MR) is 159 cm³/mol. The highest BCUT2D eigenvalue weighted by Crippen LogP contribution is 2.27. The minimum absolute atomic E-state index is 0.0126. The summed E-state index contributed by atoms with van der Waals surface area (Å²) >= 11 is 0. The lowest BCUT2D eigenvalue weighted by Gasteiger charge is -2.33. The van der Waals surface area contributed by atoms with Gasteiger partial charge in [-0.15, -0.1) is 0 Å². The number of benzene rings is 4. The van der Waals surface area contributed by atoms with Gasteiger partial charge in [0.1, 0.15) is 24.2 Å². The predicted octanol–water partition coefficient (Wildman–Crippen LogP) is 4.42. The number of ether oxygens (including phenoxy) is 1. The third-order valence-electron chi connectivity index (χ3n) is 6.79. The van der Waals surface area contributed by atoms with E-state index in [9.17, 15) is 22.4 Å². The molecule has 4 aromatic rings. The van der Waals surface area contributed by atoms with Crippen LogP contribution < -0.4 is 14.4 Å². The van der Waals surface area contributed by atoms with Crippen molar-refractivity contribution in [2.24, 2.45) is 0 Å². The SMILES string of the molecule is CNC(=O)[C@@H](Cc1ccccc1)N(Cc1ccccc1F)C(=O)CN(c1ccc(OC)cc1)S(=O)(=O)c1ccccc1. The zero-order valence-electron chi connectivity index (χ0n) is 23.3. The molecule has 0 heterocycles. The van der Waals surface area contributed by atoms with E-state index in [1.54, 1.807) is 36.4 Å². The van der Waals surface area contributed by atoms with Gasteiger partial charge < -0.3 is 15.0 Å². The van der Waals surface area contributed by atoms with E-state index in [-0.39, 0.29) is 29.1 Å². The van der Waals surface area contributed by atoms with Crippen LogP contribution in [0.15, 0.2) is 114 Å². The van der Waals surface area contributed by atoms with Gasteiger partial charge in [-0.25, -0.2) is 12.8 Å². The number of amides is 2. The number of carbonyl (C=O) groups excluding carboxylic acids is 2. The van der Waals surface area contributed by atoms with E-state index in [0.29, 0.717) is 5.75 Å². The maximum Gasteiger partial charge on any atom is 0.264 e. The Bertz CT molecular complexity index is 1600. The van der Waals surface area contributed by atoms with E-state index in [1.807, 2.05) is 30.3 Å². The molecule has 0 aliphatic heterocycles. The van der Waals surface area contributed by atoms with Gasteiger partial charge in [0.25, 0.3) is 10.0 Å². The molecule has 0 aliphatic rings. The van der Waals surface area contributed by atoms with Crippen molar-refractivity contribution in [2.75, 3.05) is 25.0 Å². The summed E-state index contributed by atoms with van der Waals surface area (Å²) in [6.07, 6.45) is 0.134. The van der Waals surface area contributed by atoms with Gasteiger partial charge in [0.05, 0.1) is 17.7 Å². The Balaban J connectivity index is 1.79. The second kappa shape index (κ2) is 13.8. The number of rotatable bonds is 12. The summed E-state index contributed by atoms with van der Waals surface area (Å²) in [5, 5.41) is 2.60. The van der Waals surface area contributed by atoms with Crippen LogP contribution in [-0.4, -0.2) is 51.9 Å². The van der Waals surface area contributed by atoms with E-state index >= 15 is 0 Å². The Morgan fingerprint density at radius 1 is 0.857 bits per heavy atom. The molecule has 2 amide bonds. The molecule has 0 unspecified atom stereocenters. The van der Waals surface area contributed by atoms with E-state index in [0.717, 1.165) is 9.87 Å². The van der Waals surface area contributed by atoms with Crippen LogP contribution in [0, 0.1) is 5.82 Å². The van der Waals surface area contributed by atoms with Crippen molar-refractivity contribution in [3.8, 4) is 5.75 Å².